The highest BCUT2D eigenvalue weighted by atomic mass is 16.3. The topological polar surface area (TPSA) is 66.6 Å². The molecule has 0 fully saturated rings. The number of aromatic nitrogens is 6. The van der Waals surface area contributed by atoms with Gasteiger partial charge in [0.1, 0.15) is 5.58 Å². The van der Waals surface area contributed by atoms with Gasteiger partial charge in [-0.25, -0.2) is 15.0 Å². The van der Waals surface area contributed by atoms with Crippen molar-refractivity contribution in [1.29, 1.82) is 0 Å². The average molecular weight is 971 g/mol. The van der Waals surface area contributed by atoms with E-state index in [-0.39, 0.29) is 0 Å². The van der Waals surface area contributed by atoms with Crippen LogP contribution >= 0.6 is 0 Å². The predicted molar refractivity (Wildman–Crippen MR) is 312 cm³/mol. The molecule has 11 aromatic carbocycles. The lowest BCUT2D eigenvalue weighted by atomic mass is 10.0. The molecule has 16 rings (SSSR count). The zero-order valence-corrected chi connectivity index (χ0v) is 40.8. The first-order valence-electron chi connectivity index (χ1n) is 25.7. The Kier molecular flexibility index (Phi) is 9.20. The lowest BCUT2D eigenvalue weighted by molar-refractivity contribution is 0.666. The van der Waals surface area contributed by atoms with Gasteiger partial charge in [0.05, 0.1) is 38.8 Å². The van der Waals surface area contributed by atoms with Crippen molar-refractivity contribution < 1.29 is 4.42 Å². The van der Waals surface area contributed by atoms with E-state index in [0.29, 0.717) is 17.5 Å². The van der Waals surface area contributed by atoms with Crippen LogP contribution in [0.5, 0.6) is 0 Å². The molecule has 5 aromatic heterocycles. The van der Waals surface area contributed by atoms with Crippen LogP contribution in [0.25, 0.3) is 150 Å². The van der Waals surface area contributed by atoms with Gasteiger partial charge >= 0.3 is 0 Å². The van der Waals surface area contributed by atoms with E-state index in [1.165, 1.54) is 32.6 Å². The number of fused-ring (bicyclic) bond motifs is 12. The molecule has 0 aliphatic rings. The summed E-state index contributed by atoms with van der Waals surface area (Å²) < 4.78 is 14.4. The van der Waals surface area contributed by atoms with E-state index < -0.39 is 0 Å². The lowest BCUT2D eigenvalue weighted by Gasteiger charge is -2.13. The quantitative estimate of drug-likeness (QED) is 0.160. The molecular weight excluding hydrogens is 929 g/mol. The molecule has 0 bridgehead atoms. The van der Waals surface area contributed by atoms with E-state index in [2.05, 4.69) is 238 Å². The van der Waals surface area contributed by atoms with Crippen molar-refractivity contribution >= 4 is 87.4 Å². The number of hydrogen-bond acceptors (Lipinski definition) is 4. The van der Waals surface area contributed by atoms with Gasteiger partial charge in [0.2, 0.25) is 0 Å². The number of hydrogen-bond donors (Lipinski definition) is 0. The number of para-hydroxylation sites is 5. The summed E-state index contributed by atoms with van der Waals surface area (Å²) in [5.74, 6) is 1.75. The van der Waals surface area contributed by atoms with E-state index in [9.17, 15) is 0 Å². The molecule has 7 heteroatoms. The van der Waals surface area contributed by atoms with Crippen LogP contribution in [-0.4, -0.2) is 28.7 Å². The minimum absolute atomic E-state index is 0.561. The normalized spacial score (nSPS) is 11.9. The summed E-state index contributed by atoms with van der Waals surface area (Å²) >= 11 is 0. The van der Waals surface area contributed by atoms with Crippen LogP contribution in [0, 0.1) is 0 Å². The van der Waals surface area contributed by atoms with Gasteiger partial charge in [-0.3, -0.25) is 0 Å². The van der Waals surface area contributed by atoms with Gasteiger partial charge in [-0.15, -0.1) is 0 Å². The Morgan fingerprint density at radius 3 is 1.41 bits per heavy atom. The highest BCUT2D eigenvalue weighted by molar-refractivity contribution is 6.21. The Morgan fingerprint density at radius 1 is 0.276 bits per heavy atom. The molecule has 0 unspecified atom stereocenters. The molecule has 0 amide bonds. The average Bonchev–Trinajstić information content (AvgIpc) is 4.25. The molecule has 7 nitrogen and oxygen atoms in total. The van der Waals surface area contributed by atoms with E-state index in [1.807, 2.05) is 30.3 Å². The monoisotopic (exact) mass is 970 g/mol. The van der Waals surface area contributed by atoms with Crippen LogP contribution in [-0.2, 0) is 0 Å². The fourth-order valence-corrected chi connectivity index (χ4v) is 11.9. The van der Waals surface area contributed by atoms with Gasteiger partial charge in [-0.1, -0.05) is 176 Å². The first-order valence-corrected chi connectivity index (χ1v) is 25.7. The second kappa shape index (κ2) is 16.6. The maximum atomic E-state index is 7.16. The standard InChI is InChI=1S/C69H42N6O/c1-4-18-43(19-5-1)44-32-34-46(35-33-44)68-70-67(45-20-6-2-7-21-45)71-69(72-68)53-37-39-61(66-65(53)52-27-13-17-31-64(52)76-66)75-60-38-36-48(74-57-28-14-10-24-49(57)50-25-11-15-29-58(50)74)40-54(60)56-41-55-51-26-12-16-30-59(51)73(62(55)42-63(56)75)47-22-8-3-9-23-47/h1-42H. The van der Waals surface area contributed by atoms with Gasteiger partial charge in [-0.05, 0) is 90.0 Å². The third-order valence-electron chi connectivity index (χ3n) is 15.3. The summed E-state index contributed by atoms with van der Waals surface area (Å²) in [4.78, 5) is 15.7. The van der Waals surface area contributed by atoms with E-state index in [1.54, 1.807) is 0 Å². The lowest BCUT2D eigenvalue weighted by Crippen LogP contribution is -2.01. The van der Waals surface area contributed by atoms with Gasteiger partial charge in [0, 0.05) is 71.2 Å². The smallest absolute Gasteiger partial charge is 0.164 e. The van der Waals surface area contributed by atoms with E-state index >= 15 is 0 Å². The van der Waals surface area contributed by atoms with Crippen LogP contribution in [0.15, 0.2) is 259 Å². The molecule has 16 aromatic rings. The van der Waals surface area contributed by atoms with Crippen molar-refractivity contribution in [1.82, 2.24) is 28.7 Å². The third-order valence-corrected chi connectivity index (χ3v) is 15.3. The minimum Gasteiger partial charge on any atom is -0.454 e. The largest absolute Gasteiger partial charge is 0.454 e. The molecule has 0 spiro atoms. The Morgan fingerprint density at radius 2 is 0.737 bits per heavy atom. The SMILES string of the molecule is c1ccc(-c2ccc(-c3nc(-c4ccccc4)nc(-c4ccc(-n5c6ccc(-n7c8ccccc8c8ccccc87)cc6c6cc7c8ccccc8n(-c8ccccc8)c7cc65)c5oc6ccccc6c45)n3)cc2)cc1. The number of furan rings is 1. The molecule has 0 saturated carbocycles. The van der Waals surface area contributed by atoms with Gasteiger partial charge in [0.15, 0.2) is 23.1 Å². The fourth-order valence-electron chi connectivity index (χ4n) is 11.9. The molecule has 0 atom stereocenters. The predicted octanol–water partition coefficient (Wildman–Crippen LogP) is 17.7. The molecule has 354 valence electrons. The van der Waals surface area contributed by atoms with Crippen molar-refractivity contribution in [3.05, 3.63) is 255 Å². The summed E-state index contributed by atoms with van der Waals surface area (Å²) in [6, 6.07) is 90.3. The summed E-state index contributed by atoms with van der Waals surface area (Å²) in [6.07, 6.45) is 0. The highest BCUT2D eigenvalue weighted by Gasteiger charge is 2.25. The first kappa shape index (κ1) is 42.2. The Balaban J connectivity index is 0.976. The number of nitrogens with zero attached hydrogens (tertiary/aromatic N) is 6. The Hall–Kier alpha value is -10.4. The van der Waals surface area contributed by atoms with Crippen molar-refractivity contribution in [3.63, 3.8) is 0 Å². The van der Waals surface area contributed by atoms with Crippen LogP contribution in [0.1, 0.15) is 0 Å². The molecule has 0 saturated heterocycles. The number of benzene rings is 11. The summed E-state index contributed by atoms with van der Waals surface area (Å²) in [5, 5.41) is 9.02. The molecular formula is C69H42N6O. The molecule has 0 aliphatic carbocycles. The van der Waals surface area contributed by atoms with Crippen LogP contribution in [0.2, 0.25) is 0 Å². The molecule has 5 heterocycles. The van der Waals surface area contributed by atoms with Gasteiger partial charge in [-0.2, -0.15) is 0 Å². The van der Waals surface area contributed by atoms with Crippen molar-refractivity contribution in [2.75, 3.05) is 0 Å². The molecule has 0 aliphatic heterocycles. The van der Waals surface area contributed by atoms with Crippen LogP contribution in [0.3, 0.4) is 0 Å². The van der Waals surface area contributed by atoms with Crippen molar-refractivity contribution in [3.8, 4) is 62.4 Å². The van der Waals surface area contributed by atoms with Gasteiger partial charge in [0.25, 0.3) is 0 Å². The second-order valence-electron chi connectivity index (χ2n) is 19.5. The second-order valence-corrected chi connectivity index (χ2v) is 19.5. The first-order chi connectivity index (χ1) is 37.7. The van der Waals surface area contributed by atoms with E-state index in [0.717, 1.165) is 99.7 Å². The van der Waals surface area contributed by atoms with Gasteiger partial charge < -0.3 is 18.1 Å². The minimum atomic E-state index is 0.561. The fraction of sp³-hybridized carbons (Fsp3) is 0. The molecule has 0 radical (unpaired) electrons. The van der Waals surface area contributed by atoms with Crippen LogP contribution < -0.4 is 0 Å². The highest BCUT2D eigenvalue weighted by Crippen LogP contribution is 2.45. The summed E-state index contributed by atoms with van der Waals surface area (Å²) in [7, 11) is 0. The Labute approximate surface area is 435 Å². The summed E-state index contributed by atoms with van der Waals surface area (Å²) in [5.41, 5.74) is 16.3. The van der Waals surface area contributed by atoms with Crippen molar-refractivity contribution in [2.45, 2.75) is 0 Å². The van der Waals surface area contributed by atoms with E-state index in [4.69, 9.17) is 19.4 Å². The number of rotatable bonds is 7. The maximum Gasteiger partial charge on any atom is 0.164 e. The Bertz CT molecular complexity index is 4920. The van der Waals surface area contributed by atoms with Crippen LogP contribution in [0.4, 0.5) is 0 Å². The summed E-state index contributed by atoms with van der Waals surface area (Å²) in [6.45, 7) is 0. The third kappa shape index (κ3) is 6.39. The maximum absolute atomic E-state index is 7.16. The molecule has 76 heavy (non-hydrogen) atoms. The zero-order chi connectivity index (χ0) is 49.8. The molecule has 0 N–H and O–H groups in total. The zero-order valence-electron chi connectivity index (χ0n) is 40.8. The van der Waals surface area contributed by atoms with Crippen molar-refractivity contribution in [2.24, 2.45) is 0 Å².